The van der Waals surface area contributed by atoms with E-state index in [0.717, 1.165) is 0 Å². The van der Waals surface area contributed by atoms with Gasteiger partial charge < -0.3 is 9.84 Å². The quantitative estimate of drug-likeness (QED) is 0.817. The first-order chi connectivity index (χ1) is 8.39. The van der Waals surface area contributed by atoms with E-state index >= 15 is 0 Å². The summed E-state index contributed by atoms with van der Waals surface area (Å²) < 4.78 is 31.2. The van der Waals surface area contributed by atoms with E-state index in [9.17, 15) is 13.2 Å². The van der Waals surface area contributed by atoms with E-state index in [0.29, 0.717) is 18.6 Å². The fourth-order valence-corrected chi connectivity index (χ4v) is 3.02. The van der Waals surface area contributed by atoms with Gasteiger partial charge in [-0.3, -0.25) is 4.79 Å². The zero-order valence-electron chi connectivity index (χ0n) is 9.71. The molecule has 1 aromatic carbocycles. The summed E-state index contributed by atoms with van der Waals surface area (Å²) in [4.78, 5) is 11.0. The van der Waals surface area contributed by atoms with Crippen LogP contribution in [-0.2, 0) is 14.8 Å². The number of nitrogens with one attached hydrogen (secondary N) is 1. The van der Waals surface area contributed by atoms with Crippen LogP contribution >= 0.6 is 0 Å². The SMILES string of the molecule is COc1cccc(S(=O)(=O)NC2(C(=O)O)CC2)c1. The Balaban J connectivity index is 2.28. The first kappa shape index (κ1) is 12.8. The summed E-state index contributed by atoms with van der Waals surface area (Å²) in [7, 11) is -2.41. The van der Waals surface area contributed by atoms with Crippen LogP contribution in [0.15, 0.2) is 29.2 Å². The summed E-state index contributed by atoms with van der Waals surface area (Å²) in [5.41, 5.74) is -1.33. The maximum atomic E-state index is 12.0. The van der Waals surface area contributed by atoms with E-state index in [1.165, 1.54) is 25.3 Å². The van der Waals surface area contributed by atoms with Gasteiger partial charge in [-0.05, 0) is 25.0 Å². The minimum Gasteiger partial charge on any atom is -0.497 e. The molecule has 0 saturated heterocycles. The molecule has 0 atom stereocenters. The maximum Gasteiger partial charge on any atom is 0.324 e. The summed E-state index contributed by atoms with van der Waals surface area (Å²) in [5, 5.41) is 8.96. The zero-order valence-corrected chi connectivity index (χ0v) is 10.5. The van der Waals surface area contributed by atoms with Crippen LogP contribution in [0.4, 0.5) is 0 Å². The first-order valence-electron chi connectivity index (χ1n) is 5.31. The Morgan fingerprint density at radius 2 is 2.11 bits per heavy atom. The number of rotatable bonds is 5. The van der Waals surface area contributed by atoms with Crippen LogP contribution in [0.5, 0.6) is 5.75 Å². The van der Waals surface area contributed by atoms with Crippen molar-refractivity contribution in [1.29, 1.82) is 0 Å². The molecule has 1 aliphatic carbocycles. The van der Waals surface area contributed by atoms with Crippen LogP contribution in [0.25, 0.3) is 0 Å². The number of carboxylic acid groups (broad SMARTS) is 1. The topological polar surface area (TPSA) is 92.7 Å². The van der Waals surface area contributed by atoms with Crippen molar-refractivity contribution in [2.24, 2.45) is 0 Å². The molecule has 18 heavy (non-hydrogen) atoms. The average molecular weight is 271 g/mol. The van der Waals surface area contributed by atoms with Gasteiger partial charge in [0.15, 0.2) is 0 Å². The Labute approximate surface area is 105 Å². The van der Waals surface area contributed by atoms with Crippen molar-refractivity contribution >= 4 is 16.0 Å². The predicted octanol–water partition coefficient (Wildman–Crippen LogP) is 0.591. The first-order valence-corrected chi connectivity index (χ1v) is 6.79. The number of sulfonamides is 1. The molecule has 1 fully saturated rings. The number of hydrogen-bond donors (Lipinski definition) is 2. The molecule has 0 unspecified atom stereocenters. The van der Waals surface area contributed by atoms with Crippen molar-refractivity contribution in [2.75, 3.05) is 7.11 Å². The third-order valence-electron chi connectivity index (χ3n) is 2.84. The Morgan fingerprint density at radius 1 is 1.44 bits per heavy atom. The van der Waals surface area contributed by atoms with Crippen LogP contribution in [0.3, 0.4) is 0 Å². The highest BCUT2D eigenvalue weighted by Gasteiger charge is 2.53. The Bertz CT molecular complexity index is 577. The lowest BCUT2D eigenvalue weighted by Gasteiger charge is -2.13. The van der Waals surface area contributed by atoms with Crippen molar-refractivity contribution in [2.45, 2.75) is 23.3 Å². The van der Waals surface area contributed by atoms with Gasteiger partial charge in [0.1, 0.15) is 11.3 Å². The standard InChI is InChI=1S/C11H13NO5S/c1-17-8-3-2-4-9(7-8)18(15,16)12-11(5-6-11)10(13)14/h2-4,7,12H,5-6H2,1H3,(H,13,14). The van der Waals surface area contributed by atoms with Gasteiger partial charge in [-0.25, -0.2) is 8.42 Å². The highest BCUT2D eigenvalue weighted by molar-refractivity contribution is 7.89. The molecule has 98 valence electrons. The molecule has 2 N–H and O–H groups in total. The predicted molar refractivity (Wildman–Crippen MR) is 62.9 cm³/mol. The highest BCUT2D eigenvalue weighted by Crippen LogP contribution is 2.37. The fraction of sp³-hybridized carbons (Fsp3) is 0.364. The number of aliphatic carboxylic acids is 1. The summed E-state index contributed by atoms with van der Waals surface area (Å²) in [6.45, 7) is 0. The van der Waals surface area contributed by atoms with Gasteiger partial charge >= 0.3 is 5.97 Å². The fourth-order valence-electron chi connectivity index (χ4n) is 1.57. The van der Waals surface area contributed by atoms with Crippen molar-refractivity contribution in [3.05, 3.63) is 24.3 Å². The third-order valence-corrected chi connectivity index (χ3v) is 4.37. The van der Waals surface area contributed by atoms with E-state index in [1.807, 2.05) is 0 Å². The van der Waals surface area contributed by atoms with Gasteiger partial charge in [0.05, 0.1) is 12.0 Å². The number of carbonyl (C=O) groups is 1. The zero-order chi connectivity index (χ0) is 13.4. The van der Waals surface area contributed by atoms with Crippen molar-refractivity contribution in [3.8, 4) is 5.75 Å². The molecule has 0 aliphatic heterocycles. The lowest BCUT2D eigenvalue weighted by molar-refractivity contribution is -0.140. The number of ether oxygens (including phenoxy) is 1. The molecule has 0 bridgehead atoms. The number of hydrogen-bond acceptors (Lipinski definition) is 4. The second kappa shape index (κ2) is 4.25. The summed E-state index contributed by atoms with van der Waals surface area (Å²) in [6.07, 6.45) is 0.622. The Kier molecular flexibility index (Phi) is 3.04. The van der Waals surface area contributed by atoms with Crippen molar-refractivity contribution in [1.82, 2.24) is 4.72 Å². The molecule has 6 nitrogen and oxygen atoms in total. The van der Waals surface area contributed by atoms with Gasteiger partial charge in [0, 0.05) is 6.07 Å². The Morgan fingerprint density at radius 3 is 2.61 bits per heavy atom. The smallest absolute Gasteiger partial charge is 0.324 e. The number of carboxylic acids is 1. The van der Waals surface area contributed by atoms with Crippen LogP contribution < -0.4 is 9.46 Å². The normalized spacial score (nSPS) is 17.2. The molecular weight excluding hydrogens is 258 g/mol. The minimum absolute atomic E-state index is 0.00521. The largest absolute Gasteiger partial charge is 0.497 e. The van der Waals surface area contributed by atoms with Gasteiger partial charge in [-0.15, -0.1) is 0 Å². The Hall–Kier alpha value is -1.60. The maximum absolute atomic E-state index is 12.0. The van der Waals surface area contributed by atoms with Crippen molar-refractivity contribution < 1.29 is 23.1 Å². The number of benzene rings is 1. The molecule has 0 aromatic heterocycles. The second-order valence-electron chi connectivity index (χ2n) is 4.17. The van der Waals surface area contributed by atoms with E-state index in [1.54, 1.807) is 6.07 Å². The van der Waals surface area contributed by atoms with Gasteiger partial charge in [0.25, 0.3) is 0 Å². The lowest BCUT2D eigenvalue weighted by Crippen LogP contribution is -2.42. The average Bonchev–Trinajstić information content (AvgIpc) is 3.09. The van der Waals surface area contributed by atoms with Crippen LogP contribution in [0, 0.1) is 0 Å². The molecule has 0 spiro atoms. The minimum atomic E-state index is -3.84. The van der Waals surface area contributed by atoms with Gasteiger partial charge in [-0.1, -0.05) is 6.07 Å². The van der Waals surface area contributed by atoms with Crippen LogP contribution in [0.1, 0.15) is 12.8 Å². The summed E-state index contributed by atoms with van der Waals surface area (Å²) in [6, 6.07) is 5.89. The van der Waals surface area contributed by atoms with E-state index in [2.05, 4.69) is 4.72 Å². The molecule has 1 saturated carbocycles. The molecular formula is C11H13NO5S. The van der Waals surface area contributed by atoms with E-state index in [4.69, 9.17) is 9.84 Å². The molecule has 0 radical (unpaired) electrons. The molecule has 1 aliphatic rings. The third kappa shape index (κ3) is 2.32. The monoisotopic (exact) mass is 271 g/mol. The lowest BCUT2D eigenvalue weighted by atomic mass is 10.3. The second-order valence-corrected chi connectivity index (χ2v) is 5.85. The van der Waals surface area contributed by atoms with Crippen LogP contribution in [-0.4, -0.2) is 32.1 Å². The molecule has 0 heterocycles. The van der Waals surface area contributed by atoms with E-state index in [-0.39, 0.29) is 4.90 Å². The molecule has 7 heteroatoms. The molecule has 0 amide bonds. The summed E-state index contributed by atoms with van der Waals surface area (Å²) in [5.74, 6) is -0.744. The van der Waals surface area contributed by atoms with Gasteiger partial charge in [0.2, 0.25) is 10.0 Å². The summed E-state index contributed by atoms with van der Waals surface area (Å²) >= 11 is 0. The molecule has 2 rings (SSSR count). The number of methoxy groups -OCH3 is 1. The molecule has 1 aromatic rings. The van der Waals surface area contributed by atoms with Crippen molar-refractivity contribution in [3.63, 3.8) is 0 Å². The van der Waals surface area contributed by atoms with Gasteiger partial charge in [-0.2, -0.15) is 4.72 Å². The van der Waals surface area contributed by atoms with E-state index < -0.39 is 21.5 Å². The van der Waals surface area contributed by atoms with Crippen LogP contribution in [0.2, 0.25) is 0 Å². The highest BCUT2D eigenvalue weighted by atomic mass is 32.2.